The minimum Gasteiger partial charge on any atom is -0.508 e. The van der Waals surface area contributed by atoms with Gasteiger partial charge in [0.15, 0.2) is 0 Å². The molecule has 2 N–H and O–H groups in total. The van der Waals surface area contributed by atoms with Crippen molar-refractivity contribution in [3.63, 3.8) is 0 Å². The number of rotatable bonds is 2. The molecule has 0 aliphatic heterocycles. The number of carboxylic acids is 1. The summed E-state index contributed by atoms with van der Waals surface area (Å²) in [5.41, 5.74) is 3.68. The standard InChI is InChI=1S/C13H13NO4/c1-6-4-10(15)7(2)8(3)12(6)9-5-11(13(16)17)18-14-9/h4-5,15H,1-3H3,(H,16,17). The van der Waals surface area contributed by atoms with Crippen molar-refractivity contribution in [3.8, 4) is 17.0 Å². The van der Waals surface area contributed by atoms with E-state index in [4.69, 9.17) is 9.63 Å². The molecule has 5 nitrogen and oxygen atoms in total. The molecule has 0 aliphatic rings. The fourth-order valence-corrected chi connectivity index (χ4v) is 1.95. The Balaban J connectivity index is 2.63. The van der Waals surface area contributed by atoms with E-state index in [2.05, 4.69) is 5.16 Å². The number of hydrogen-bond acceptors (Lipinski definition) is 4. The van der Waals surface area contributed by atoms with Crippen molar-refractivity contribution in [2.45, 2.75) is 20.8 Å². The summed E-state index contributed by atoms with van der Waals surface area (Å²) in [4.78, 5) is 10.8. The number of carbonyl (C=O) groups is 1. The van der Waals surface area contributed by atoms with Gasteiger partial charge in [0.05, 0.1) is 0 Å². The Morgan fingerprint density at radius 2 is 1.89 bits per heavy atom. The van der Waals surface area contributed by atoms with Crippen molar-refractivity contribution in [1.29, 1.82) is 0 Å². The second-order valence-corrected chi connectivity index (χ2v) is 4.22. The molecule has 94 valence electrons. The Kier molecular flexibility index (Phi) is 2.82. The number of aromatic nitrogens is 1. The van der Waals surface area contributed by atoms with Crippen LogP contribution in [0.2, 0.25) is 0 Å². The van der Waals surface area contributed by atoms with Gasteiger partial charge < -0.3 is 14.7 Å². The third-order valence-electron chi connectivity index (χ3n) is 3.05. The van der Waals surface area contributed by atoms with Gasteiger partial charge in [-0.3, -0.25) is 0 Å². The highest BCUT2D eigenvalue weighted by Gasteiger charge is 2.17. The lowest BCUT2D eigenvalue weighted by atomic mass is 9.95. The normalized spacial score (nSPS) is 10.6. The smallest absolute Gasteiger partial charge is 0.374 e. The molecule has 0 radical (unpaired) electrons. The van der Waals surface area contributed by atoms with Crippen LogP contribution in [0.25, 0.3) is 11.3 Å². The van der Waals surface area contributed by atoms with Crippen LogP contribution in [0.3, 0.4) is 0 Å². The van der Waals surface area contributed by atoms with Gasteiger partial charge in [0.25, 0.3) is 0 Å². The molecule has 0 unspecified atom stereocenters. The second-order valence-electron chi connectivity index (χ2n) is 4.22. The number of nitrogens with zero attached hydrogens (tertiary/aromatic N) is 1. The van der Waals surface area contributed by atoms with E-state index in [1.165, 1.54) is 6.07 Å². The Hall–Kier alpha value is -2.30. The van der Waals surface area contributed by atoms with E-state index in [0.717, 1.165) is 22.3 Å². The Morgan fingerprint density at radius 3 is 2.44 bits per heavy atom. The first-order chi connectivity index (χ1) is 8.41. The summed E-state index contributed by atoms with van der Waals surface area (Å²) >= 11 is 0. The van der Waals surface area contributed by atoms with Gasteiger partial charge in [-0.2, -0.15) is 0 Å². The number of benzene rings is 1. The van der Waals surface area contributed by atoms with E-state index in [0.29, 0.717) is 5.69 Å². The zero-order valence-corrected chi connectivity index (χ0v) is 10.3. The first-order valence-electron chi connectivity index (χ1n) is 5.42. The molecule has 18 heavy (non-hydrogen) atoms. The quantitative estimate of drug-likeness (QED) is 0.852. The molecule has 1 aromatic heterocycles. The first-order valence-corrected chi connectivity index (χ1v) is 5.42. The van der Waals surface area contributed by atoms with E-state index in [9.17, 15) is 9.90 Å². The lowest BCUT2D eigenvalue weighted by Gasteiger charge is -2.11. The van der Waals surface area contributed by atoms with Crippen LogP contribution >= 0.6 is 0 Å². The van der Waals surface area contributed by atoms with E-state index in [1.54, 1.807) is 13.0 Å². The minimum absolute atomic E-state index is 0.200. The number of aromatic carboxylic acids is 1. The summed E-state index contributed by atoms with van der Waals surface area (Å²) in [5.74, 6) is -1.13. The molecule has 0 saturated carbocycles. The van der Waals surface area contributed by atoms with Gasteiger partial charge in [-0.25, -0.2) is 4.79 Å². The average Bonchev–Trinajstić information content (AvgIpc) is 2.75. The summed E-state index contributed by atoms with van der Waals surface area (Å²) < 4.78 is 4.75. The SMILES string of the molecule is Cc1cc(O)c(C)c(C)c1-c1cc(C(=O)O)on1. The molecule has 2 aromatic rings. The van der Waals surface area contributed by atoms with Gasteiger partial charge in [-0.1, -0.05) is 5.16 Å². The average molecular weight is 247 g/mol. The van der Waals surface area contributed by atoms with Crippen molar-refractivity contribution in [2.75, 3.05) is 0 Å². The van der Waals surface area contributed by atoms with Gasteiger partial charge in [0.2, 0.25) is 5.76 Å². The molecule has 1 heterocycles. The molecule has 5 heteroatoms. The maximum atomic E-state index is 10.8. The highest BCUT2D eigenvalue weighted by molar-refractivity contribution is 5.86. The number of hydrogen-bond donors (Lipinski definition) is 2. The van der Waals surface area contributed by atoms with Crippen LogP contribution in [0.15, 0.2) is 16.7 Å². The highest BCUT2D eigenvalue weighted by atomic mass is 16.5. The molecule has 0 atom stereocenters. The van der Waals surface area contributed by atoms with Crippen LogP contribution in [0, 0.1) is 20.8 Å². The summed E-state index contributed by atoms with van der Waals surface area (Å²) in [7, 11) is 0. The fraction of sp³-hybridized carbons (Fsp3) is 0.231. The molecular formula is C13H13NO4. The molecule has 0 bridgehead atoms. The maximum Gasteiger partial charge on any atom is 0.374 e. The molecular weight excluding hydrogens is 234 g/mol. The number of carboxylic acid groups (broad SMARTS) is 1. The summed E-state index contributed by atoms with van der Waals surface area (Å²) in [6.07, 6.45) is 0. The molecule has 0 aliphatic carbocycles. The lowest BCUT2D eigenvalue weighted by molar-refractivity contribution is 0.0652. The van der Waals surface area contributed by atoms with Crippen molar-refractivity contribution in [3.05, 3.63) is 34.6 Å². The monoisotopic (exact) mass is 247 g/mol. The third-order valence-corrected chi connectivity index (χ3v) is 3.05. The van der Waals surface area contributed by atoms with Crippen molar-refractivity contribution in [1.82, 2.24) is 5.16 Å². The Labute approximate surface area is 104 Å². The zero-order chi connectivity index (χ0) is 13.4. The van der Waals surface area contributed by atoms with E-state index >= 15 is 0 Å². The van der Waals surface area contributed by atoms with E-state index in [-0.39, 0.29) is 11.5 Å². The van der Waals surface area contributed by atoms with Crippen LogP contribution in [-0.2, 0) is 0 Å². The van der Waals surface area contributed by atoms with Gasteiger partial charge in [-0.15, -0.1) is 0 Å². The molecule has 0 fully saturated rings. The van der Waals surface area contributed by atoms with Gasteiger partial charge in [-0.05, 0) is 43.5 Å². The number of aryl methyl sites for hydroxylation is 1. The first kappa shape index (κ1) is 12.2. The predicted octanol–water partition coefficient (Wildman–Crippen LogP) is 2.67. The van der Waals surface area contributed by atoms with Crippen LogP contribution in [0.4, 0.5) is 0 Å². The number of aromatic hydroxyl groups is 1. The molecule has 0 amide bonds. The predicted molar refractivity (Wildman–Crippen MR) is 64.8 cm³/mol. The molecule has 0 saturated heterocycles. The van der Waals surface area contributed by atoms with Crippen molar-refractivity contribution in [2.24, 2.45) is 0 Å². The Morgan fingerprint density at radius 1 is 1.22 bits per heavy atom. The largest absolute Gasteiger partial charge is 0.508 e. The van der Waals surface area contributed by atoms with E-state index in [1.807, 2.05) is 13.8 Å². The van der Waals surface area contributed by atoms with Crippen molar-refractivity contribution < 1.29 is 19.5 Å². The number of phenolic OH excluding ortho intramolecular Hbond substituents is 1. The summed E-state index contributed by atoms with van der Waals surface area (Å²) in [5, 5.41) is 22.3. The molecule has 0 spiro atoms. The lowest BCUT2D eigenvalue weighted by Crippen LogP contribution is -1.93. The summed E-state index contributed by atoms with van der Waals surface area (Å²) in [6.45, 7) is 5.48. The van der Waals surface area contributed by atoms with E-state index < -0.39 is 5.97 Å². The zero-order valence-electron chi connectivity index (χ0n) is 10.3. The summed E-state index contributed by atoms with van der Waals surface area (Å²) in [6, 6.07) is 3.01. The minimum atomic E-state index is -1.15. The molecule has 1 aromatic carbocycles. The maximum absolute atomic E-state index is 10.8. The van der Waals surface area contributed by atoms with Gasteiger partial charge in [0, 0.05) is 11.6 Å². The molecule has 2 rings (SSSR count). The number of phenols is 1. The fourth-order valence-electron chi connectivity index (χ4n) is 1.95. The van der Waals surface area contributed by atoms with Gasteiger partial charge in [0.1, 0.15) is 11.4 Å². The van der Waals surface area contributed by atoms with Crippen LogP contribution in [0.1, 0.15) is 27.2 Å². The van der Waals surface area contributed by atoms with Crippen molar-refractivity contribution >= 4 is 5.97 Å². The van der Waals surface area contributed by atoms with Crippen LogP contribution < -0.4 is 0 Å². The third kappa shape index (κ3) is 1.84. The Bertz CT molecular complexity index is 628. The van der Waals surface area contributed by atoms with Gasteiger partial charge >= 0.3 is 5.97 Å². The van der Waals surface area contributed by atoms with Crippen LogP contribution in [0.5, 0.6) is 5.75 Å². The second kappa shape index (κ2) is 4.18. The van der Waals surface area contributed by atoms with Crippen LogP contribution in [-0.4, -0.2) is 21.3 Å². The highest BCUT2D eigenvalue weighted by Crippen LogP contribution is 2.33. The topological polar surface area (TPSA) is 83.6 Å².